The predicted octanol–water partition coefficient (Wildman–Crippen LogP) is 3.41. The zero-order valence-corrected chi connectivity index (χ0v) is 13.7. The number of nitrogens with one attached hydrogen (secondary N) is 1. The Morgan fingerprint density at radius 1 is 1.17 bits per heavy atom. The highest BCUT2D eigenvalue weighted by Gasteiger charge is 2.30. The predicted molar refractivity (Wildman–Crippen MR) is 82.8 cm³/mol. The van der Waals surface area contributed by atoms with E-state index in [2.05, 4.69) is 5.32 Å². The Morgan fingerprint density at radius 3 is 2.22 bits per heavy atom. The van der Waals surface area contributed by atoms with Crippen LogP contribution in [0.4, 0.5) is 13.2 Å². The van der Waals surface area contributed by atoms with Crippen molar-refractivity contribution >= 4 is 5.91 Å². The second-order valence-corrected chi connectivity index (χ2v) is 6.23. The molecule has 0 bridgehead atoms. The molecule has 1 aromatic carbocycles. The highest BCUT2D eigenvalue weighted by Crippen LogP contribution is 2.29. The Hall–Kier alpha value is -1.56. The Morgan fingerprint density at radius 2 is 1.74 bits per heavy atom. The third-order valence-corrected chi connectivity index (χ3v) is 3.64. The van der Waals surface area contributed by atoms with Crippen LogP contribution in [0.15, 0.2) is 24.3 Å². The van der Waals surface area contributed by atoms with Crippen molar-refractivity contribution in [2.75, 3.05) is 6.54 Å². The van der Waals surface area contributed by atoms with Gasteiger partial charge < -0.3 is 10.4 Å². The number of benzene rings is 1. The summed E-state index contributed by atoms with van der Waals surface area (Å²) in [5, 5.41) is 12.1. The third-order valence-electron chi connectivity index (χ3n) is 3.64. The second kappa shape index (κ2) is 8.34. The van der Waals surface area contributed by atoms with E-state index in [0.29, 0.717) is 24.9 Å². The van der Waals surface area contributed by atoms with Gasteiger partial charge in [-0.25, -0.2) is 0 Å². The molecule has 1 rings (SSSR count). The lowest BCUT2D eigenvalue weighted by Gasteiger charge is -2.17. The Balaban J connectivity index is 2.49. The minimum absolute atomic E-state index is 0.137. The highest BCUT2D eigenvalue weighted by molar-refractivity contribution is 5.78. The standard InChI is InChI=1S/C17H24F3NO2/c1-11(8-13(3)22)10-21-16(23)12(2)9-14-4-6-15(7-5-14)17(18,19)20/h4-7,11-13,22H,8-10H2,1-3H3,(H,21,23). The molecule has 0 radical (unpaired) electrons. The number of aliphatic hydroxyl groups excluding tert-OH is 1. The molecule has 0 aliphatic carbocycles. The van der Waals surface area contributed by atoms with E-state index >= 15 is 0 Å². The number of halogens is 3. The average molecular weight is 331 g/mol. The van der Waals surface area contributed by atoms with Crippen molar-refractivity contribution in [2.24, 2.45) is 11.8 Å². The zero-order chi connectivity index (χ0) is 17.6. The van der Waals surface area contributed by atoms with Crippen molar-refractivity contribution in [1.29, 1.82) is 0 Å². The summed E-state index contributed by atoms with van der Waals surface area (Å²) in [6.07, 6.45) is -3.77. The number of hydrogen-bond donors (Lipinski definition) is 2. The number of carbonyl (C=O) groups excluding carboxylic acids is 1. The zero-order valence-electron chi connectivity index (χ0n) is 13.7. The van der Waals surface area contributed by atoms with Gasteiger partial charge in [0.2, 0.25) is 5.91 Å². The summed E-state index contributed by atoms with van der Waals surface area (Å²) in [6.45, 7) is 5.85. The molecule has 23 heavy (non-hydrogen) atoms. The first-order valence-electron chi connectivity index (χ1n) is 7.71. The van der Waals surface area contributed by atoms with Gasteiger partial charge in [0.1, 0.15) is 0 Å². The summed E-state index contributed by atoms with van der Waals surface area (Å²) in [5.74, 6) is -0.301. The van der Waals surface area contributed by atoms with Crippen molar-refractivity contribution in [1.82, 2.24) is 5.32 Å². The highest BCUT2D eigenvalue weighted by atomic mass is 19.4. The molecule has 0 aliphatic rings. The van der Waals surface area contributed by atoms with Gasteiger partial charge in [-0.05, 0) is 43.4 Å². The Bertz CT molecular complexity index is 498. The minimum Gasteiger partial charge on any atom is -0.393 e. The summed E-state index contributed by atoms with van der Waals surface area (Å²) in [7, 11) is 0. The van der Waals surface area contributed by atoms with Crippen LogP contribution in [-0.4, -0.2) is 23.7 Å². The molecule has 0 fully saturated rings. The summed E-state index contributed by atoms with van der Waals surface area (Å²) in [4.78, 5) is 12.0. The van der Waals surface area contributed by atoms with Crippen molar-refractivity contribution in [3.63, 3.8) is 0 Å². The van der Waals surface area contributed by atoms with E-state index < -0.39 is 17.8 Å². The minimum atomic E-state index is -4.35. The molecule has 6 heteroatoms. The molecule has 130 valence electrons. The van der Waals surface area contributed by atoms with Gasteiger partial charge in [-0.15, -0.1) is 0 Å². The smallest absolute Gasteiger partial charge is 0.393 e. The van der Waals surface area contributed by atoms with Crippen molar-refractivity contribution in [3.05, 3.63) is 35.4 Å². The SMILES string of the molecule is CC(O)CC(C)CNC(=O)C(C)Cc1ccc(C(F)(F)F)cc1. The van der Waals surface area contributed by atoms with Crippen LogP contribution < -0.4 is 5.32 Å². The maximum Gasteiger partial charge on any atom is 0.416 e. The first-order chi connectivity index (χ1) is 10.6. The summed E-state index contributed by atoms with van der Waals surface area (Å²) >= 11 is 0. The van der Waals surface area contributed by atoms with Gasteiger partial charge >= 0.3 is 6.18 Å². The number of amides is 1. The molecule has 0 spiro atoms. The van der Waals surface area contributed by atoms with E-state index in [9.17, 15) is 23.1 Å². The van der Waals surface area contributed by atoms with Crippen molar-refractivity contribution in [2.45, 2.75) is 45.9 Å². The summed E-state index contributed by atoms with van der Waals surface area (Å²) < 4.78 is 37.5. The van der Waals surface area contributed by atoms with Gasteiger partial charge in [0, 0.05) is 12.5 Å². The molecule has 0 saturated heterocycles. The van der Waals surface area contributed by atoms with Gasteiger partial charge in [-0.2, -0.15) is 13.2 Å². The Kier molecular flexibility index (Phi) is 7.06. The molecule has 0 saturated carbocycles. The average Bonchev–Trinajstić information content (AvgIpc) is 2.43. The van der Waals surface area contributed by atoms with Gasteiger partial charge in [-0.3, -0.25) is 4.79 Å². The van der Waals surface area contributed by atoms with Gasteiger partial charge in [0.15, 0.2) is 0 Å². The number of rotatable bonds is 7. The maximum atomic E-state index is 12.5. The number of hydrogen-bond acceptors (Lipinski definition) is 2. The van der Waals surface area contributed by atoms with Gasteiger partial charge in [0.25, 0.3) is 0 Å². The van der Waals surface area contributed by atoms with E-state index in [1.165, 1.54) is 12.1 Å². The molecule has 0 aliphatic heterocycles. The van der Waals surface area contributed by atoms with Crippen molar-refractivity contribution in [3.8, 4) is 0 Å². The number of aliphatic hydroxyl groups is 1. The largest absolute Gasteiger partial charge is 0.416 e. The lowest BCUT2D eigenvalue weighted by Crippen LogP contribution is -2.34. The van der Waals surface area contributed by atoms with Crippen LogP contribution in [0.1, 0.15) is 38.3 Å². The number of alkyl halides is 3. The first-order valence-corrected chi connectivity index (χ1v) is 7.71. The van der Waals surface area contributed by atoms with E-state index in [0.717, 1.165) is 12.1 Å². The fourth-order valence-electron chi connectivity index (χ4n) is 2.39. The quantitative estimate of drug-likeness (QED) is 0.804. The normalized spacial score (nSPS) is 15.8. The van der Waals surface area contributed by atoms with Crippen LogP contribution in [-0.2, 0) is 17.4 Å². The van der Waals surface area contributed by atoms with E-state index in [1.807, 2.05) is 6.92 Å². The first kappa shape index (κ1) is 19.5. The molecule has 1 amide bonds. The molecular formula is C17H24F3NO2. The molecule has 3 atom stereocenters. The van der Waals surface area contributed by atoms with Crippen LogP contribution in [0.5, 0.6) is 0 Å². The van der Waals surface area contributed by atoms with Crippen LogP contribution in [0.3, 0.4) is 0 Å². The topological polar surface area (TPSA) is 49.3 Å². The van der Waals surface area contributed by atoms with Crippen LogP contribution in [0.25, 0.3) is 0 Å². The van der Waals surface area contributed by atoms with E-state index in [4.69, 9.17) is 0 Å². The summed E-state index contributed by atoms with van der Waals surface area (Å²) in [5.41, 5.74) is 0.00276. The second-order valence-electron chi connectivity index (χ2n) is 6.23. The molecule has 3 unspecified atom stereocenters. The van der Waals surface area contributed by atoms with Crippen LogP contribution >= 0.6 is 0 Å². The van der Waals surface area contributed by atoms with E-state index in [-0.39, 0.29) is 17.7 Å². The fourth-order valence-corrected chi connectivity index (χ4v) is 2.39. The lowest BCUT2D eigenvalue weighted by molar-refractivity contribution is -0.137. The molecule has 0 heterocycles. The fraction of sp³-hybridized carbons (Fsp3) is 0.588. The van der Waals surface area contributed by atoms with E-state index in [1.54, 1.807) is 13.8 Å². The van der Waals surface area contributed by atoms with Crippen LogP contribution in [0, 0.1) is 11.8 Å². The molecule has 0 aromatic heterocycles. The maximum absolute atomic E-state index is 12.5. The van der Waals surface area contributed by atoms with Gasteiger partial charge in [-0.1, -0.05) is 26.0 Å². The molecule has 1 aromatic rings. The molecular weight excluding hydrogens is 307 g/mol. The van der Waals surface area contributed by atoms with Gasteiger partial charge in [0.05, 0.1) is 11.7 Å². The summed E-state index contributed by atoms with van der Waals surface area (Å²) in [6, 6.07) is 4.88. The third kappa shape index (κ3) is 7.03. The number of carbonyl (C=O) groups is 1. The molecule has 3 nitrogen and oxygen atoms in total. The van der Waals surface area contributed by atoms with Crippen LogP contribution in [0.2, 0.25) is 0 Å². The Labute approximate surface area is 134 Å². The van der Waals surface area contributed by atoms with Crippen molar-refractivity contribution < 1.29 is 23.1 Å². The monoisotopic (exact) mass is 331 g/mol. The lowest BCUT2D eigenvalue weighted by atomic mass is 9.98. The molecule has 2 N–H and O–H groups in total.